The van der Waals surface area contributed by atoms with Crippen LogP contribution in [0, 0.1) is 0 Å². The molecule has 0 amide bonds. The van der Waals surface area contributed by atoms with E-state index in [4.69, 9.17) is 28.9 Å². The molecule has 3 heterocycles. The summed E-state index contributed by atoms with van der Waals surface area (Å²) >= 11 is 12.4. The van der Waals surface area contributed by atoms with E-state index < -0.39 is 0 Å². The van der Waals surface area contributed by atoms with Crippen LogP contribution in [-0.2, 0) is 0 Å². The molecule has 0 aliphatic heterocycles. The van der Waals surface area contributed by atoms with E-state index in [9.17, 15) is 4.79 Å². The highest BCUT2D eigenvalue weighted by atomic mass is 35.5. The molecule has 1 atom stereocenters. The molecule has 0 unspecified atom stereocenters. The minimum atomic E-state index is -0.352. The fraction of sp³-hybridized carbons (Fsp3) is 0.0909. The molecular formula is C22H16Cl2N6O. The van der Waals surface area contributed by atoms with E-state index in [2.05, 4.69) is 15.1 Å². The van der Waals surface area contributed by atoms with E-state index in [1.54, 1.807) is 21.3 Å². The summed E-state index contributed by atoms with van der Waals surface area (Å²) in [6.07, 6.45) is 3.14. The van der Waals surface area contributed by atoms with Crippen molar-refractivity contribution in [3.8, 4) is 16.9 Å². The maximum atomic E-state index is 13.4. The topological polar surface area (TPSA) is 91.1 Å². The Morgan fingerprint density at radius 1 is 1.10 bits per heavy atom. The van der Waals surface area contributed by atoms with Crippen molar-refractivity contribution in [1.29, 1.82) is 0 Å². The number of nitrogens with zero attached hydrogens (tertiary/aromatic N) is 5. The van der Waals surface area contributed by atoms with Crippen molar-refractivity contribution in [2.24, 2.45) is 5.73 Å². The average Bonchev–Trinajstić information content (AvgIpc) is 3.19. The minimum absolute atomic E-state index is 0.210. The van der Waals surface area contributed by atoms with Gasteiger partial charge in [0.15, 0.2) is 10.8 Å². The van der Waals surface area contributed by atoms with E-state index in [1.807, 2.05) is 49.4 Å². The van der Waals surface area contributed by atoms with Crippen molar-refractivity contribution in [1.82, 2.24) is 24.1 Å². The number of hydrogen-bond donors (Lipinski definition) is 1. The molecule has 0 bridgehead atoms. The van der Waals surface area contributed by atoms with Gasteiger partial charge in [-0.2, -0.15) is 5.10 Å². The molecule has 0 radical (unpaired) electrons. The Bertz CT molecular complexity index is 1510. The SMILES string of the molecule is C[C@H](N)c1cc2cccc(Cl)c2c(=O)n1-c1ccc(-c2cn3ncnc(Cl)c3n2)cc1. The number of nitrogens with two attached hydrogens (primary N) is 1. The lowest BCUT2D eigenvalue weighted by molar-refractivity contribution is 0.734. The zero-order valence-electron chi connectivity index (χ0n) is 16.3. The molecule has 0 aliphatic rings. The number of halogens is 2. The van der Waals surface area contributed by atoms with Crippen LogP contribution in [0.5, 0.6) is 0 Å². The first kappa shape index (κ1) is 19.7. The lowest BCUT2D eigenvalue weighted by Gasteiger charge is -2.18. The quantitative estimate of drug-likeness (QED) is 0.439. The van der Waals surface area contributed by atoms with Gasteiger partial charge in [-0.05, 0) is 36.6 Å². The van der Waals surface area contributed by atoms with Crippen LogP contribution in [-0.4, -0.2) is 24.1 Å². The summed E-state index contributed by atoms with van der Waals surface area (Å²) in [5, 5.41) is 6.03. The summed E-state index contributed by atoms with van der Waals surface area (Å²) in [6, 6.07) is 14.4. The molecule has 0 aliphatic carbocycles. The Labute approximate surface area is 186 Å². The summed E-state index contributed by atoms with van der Waals surface area (Å²) in [7, 11) is 0. The Morgan fingerprint density at radius 3 is 2.58 bits per heavy atom. The number of aromatic nitrogens is 5. The van der Waals surface area contributed by atoms with Crippen LogP contribution in [0.1, 0.15) is 18.7 Å². The Morgan fingerprint density at radius 2 is 1.87 bits per heavy atom. The number of benzene rings is 2. The maximum absolute atomic E-state index is 13.4. The van der Waals surface area contributed by atoms with Crippen molar-refractivity contribution in [3.63, 3.8) is 0 Å². The molecule has 0 saturated heterocycles. The molecule has 3 aromatic heterocycles. The summed E-state index contributed by atoms with van der Waals surface area (Å²) in [4.78, 5) is 21.8. The van der Waals surface area contributed by atoms with Crippen LogP contribution in [0.15, 0.2) is 65.8 Å². The molecule has 2 aromatic carbocycles. The maximum Gasteiger partial charge on any atom is 0.264 e. The van der Waals surface area contributed by atoms with Crippen LogP contribution in [0.3, 0.4) is 0 Å². The van der Waals surface area contributed by atoms with E-state index in [0.717, 1.165) is 10.9 Å². The van der Waals surface area contributed by atoms with E-state index >= 15 is 0 Å². The van der Waals surface area contributed by atoms with E-state index in [1.165, 1.54) is 6.33 Å². The number of rotatable bonds is 3. The number of imidazole rings is 1. The third-order valence-electron chi connectivity index (χ3n) is 5.13. The Kier molecular flexibility index (Phi) is 4.74. The van der Waals surface area contributed by atoms with Gasteiger partial charge in [0.25, 0.3) is 5.56 Å². The predicted molar refractivity (Wildman–Crippen MR) is 122 cm³/mol. The minimum Gasteiger partial charge on any atom is -0.323 e. The van der Waals surface area contributed by atoms with Gasteiger partial charge in [0.1, 0.15) is 6.33 Å². The molecule has 9 heteroatoms. The van der Waals surface area contributed by atoms with Gasteiger partial charge in [-0.25, -0.2) is 14.5 Å². The highest BCUT2D eigenvalue weighted by Crippen LogP contribution is 2.26. The lowest BCUT2D eigenvalue weighted by Crippen LogP contribution is -2.25. The molecule has 31 heavy (non-hydrogen) atoms. The van der Waals surface area contributed by atoms with Gasteiger partial charge in [0.05, 0.1) is 22.3 Å². The van der Waals surface area contributed by atoms with Gasteiger partial charge in [-0.15, -0.1) is 0 Å². The molecule has 7 nitrogen and oxygen atoms in total. The highest BCUT2D eigenvalue weighted by Gasteiger charge is 2.16. The van der Waals surface area contributed by atoms with Crippen molar-refractivity contribution < 1.29 is 0 Å². The van der Waals surface area contributed by atoms with Crippen molar-refractivity contribution in [3.05, 3.63) is 87.3 Å². The molecule has 0 fully saturated rings. The molecule has 5 rings (SSSR count). The molecule has 0 saturated carbocycles. The van der Waals surface area contributed by atoms with E-state index in [0.29, 0.717) is 33.1 Å². The van der Waals surface area contributed by atoms with Gasteiger partial charge in [0.2, 0.25) is 0 Å². The fourth-order valence-electron chi connectivity index (χ4n) is 3.65. The van der Waals surface area contributed by atoms with Crippen LogP contribution in [0.2, 0.25) is 10.2 Å². The van der Waals surface area contributed by atoms with Gasteiger partial charge >= 0.3 is 0 Å². The Balaban J connectivity index is 1.66. The van der Waals surface area contributed by atoms with E-state index in [-0.39, 0.29) is 16.8 Å². The highest BCUT2D eigenvalue weighted by molar-refractivity contribution is 6.35. The molecule has 0 spiro atoms. The first-order valence-electron chi connectivity index (χ1n) is 9.50. The van der Waals surface area contributed by atoms with Crippen molar-refractivity contribution in [2.45, 2.75) is 13.0 Å². The largest absolute Gasteiger partial charge is 0.323 e. The third kappa shape index (κ3) is 3.27. The normalized spacial score (nSPS) is 12.5. The first-order valence-corrected chi connectivity index (χ1v) is 10.3. The van der Waals surface area contributed by atoms with Crippen LogP contribution < -0.4 is 11.3 Å². The fourth-order valence-corrected chi connectivity index (χ4v) is 4.09. The summed E-state index contributed by atoms with van der Waals surface area (Å²) in [6.45, 7) is 1.84. The summed E-state index contributed by atoms with van der Waals surface area (Å²) in [5.74, 6) is 0. The number of pyridine rings is 1. The molecular weight excluding hydrogens is 435 g/mol. The van der Waals surface area contributed by atoms with Crippen molar-refractivity contribution in [2.75, 3.05) is 0 Å². The third-order valence-corrected chi connectivity index (χ3v) is 5.71. The van der Waals surface area contributed by atoms with Crippen LogP contribution >= 0.6 is 23.2 Å². The predicted octanol–water partition coefficient (Wildman–Crippen LogP) is 4.42. The second kappa shape index (κ2) is 7.46. The molecule has 2 N–H and O–H groups in total. The monoisotopic (exact) mass is 450 g/mol. The van der Waals surface area contributed by atoms with Crippen molar-refractivity contribution >= 4 is 39.6 Å². The zero-order valence-corrected chi connectivity index (χ0v) is 17.8. The average molecular weight is 451 g/mol. The Hall–Kier alpha value is -3.26. The van der Waals surface area contributed by atoms with Gasteiger partial charge in [-0.3, -0.25) is 9.36 Å². The van der Waals surface area contributed by atoms with Gasteiger partial charge in [-0.1, -0.05) is 47.5 Å². The smallest absolute Gasteiger partial charge is 0.264 e. The molecule has 154 valence electrons. The lowest BCUT2D eigenvalue weighted by atomic mass is 10.1. The zero-order chi connectivity index (χ0) is 21.7. The van der Waals surface area contributed by atoms with Gasteiger partial charge in [0, 0.05) is 23.0 Å². The number of fused-ring (bicyclic) bond motifs is 2. The standard InChI is InChI=1S/C22H16Cl2N6O/c1-12(25)18-9-14-3-2-4-16(23)19(14)22(31)30(18)15-7-5-13(6-8-15)17-10-29-21(28-17)20(24)26-11-27-29/h2-12H,25H2,1H3/t12-/m0/s1. The summed E-state index contributed by atoms with van der Waals surface area (Å²) in [5.41, 5.74) is 9.38. The first-order chi connectivity index (χ1) is 14.9. The second-order valence-corrected chi connectivity index (χ2v) is 7.96. The second-order valence-electron chi connectivity index (χ2n) is 7.19. The van der Waals surface area contributed by atoms with Crippen LogP contribution in [0.4, 0.5) is 0 Å². The van der Waals surface area contributed by atoms with Crippen LogP contribution in [0.25, 0.3) is 33.4 Å². The number of hydrogen-bond acceptors (Lipinski definition) is 5. The van der Waals surface area contributed by atoms with Gasteiger partial charge < -0.3 is 5.73 Å². The summed E-state index contributed by atoms with van der Waals surface area (Å²) < 4.78 is 3.18. The molecule has 5 aromatic rings.